The van der Waals surface area contributed by atoms with Crippen LogP contribution in [0.1, 0.15) is 11.1 Å². The van der Waals surface area contributed by atoms with Crippen molar-refractivity contribution in [3.05, 3.63) is 60.1 Å². The van der Waals surface area contributed by atoms with E-state index in [0.29, 0.717) is 30.2 Å². The topological polar surface area (TPSA) is 78.2 Å². The molecule has 35 heavy (non-hydrogen) atoms. The summed E-state index contributed by atoms with van der Waals surface area (Å²) in [7, 11) is 1.91. The molecule has 4 aromatic rings. The van der Waals surface area contributed by atoms with Crippen LogP contribution in [0, 0.1) is 31.5 Å². The predicted molar refractivity (Wildman–Crippen MR) is 130 cm³/mol. The number of fused-ring (bicyclic) bond motifs is 3. The van der Waals surface area contributed by atoms with Gasteiger partial charge in [0.2, 0.25) is 11.8 Å². The first-order chi connectivity index (χ1) is 17.0. The van der Waals surface area contributed by atoms with Crippen LogP contribution in [0.15, 0.2) is 43.1 Å². The molecule has 1 aromatic carbocycles. The first kappa shape index (κ1) is 21.9. The second kappa shape index (κ2) is 8.57. The molecule has 2 aliphatic heterocycles. The summed E-state index contributed by atoms with van der Waals surface area (Å²) in [5, 5.41) is 0. The van der Waals surface area contributed by atoms with E-state index in [0.717, 1.165) is 41.2 Å². The lowest BCUT2D eigenvalue weighted by atomic mass is 9.84. The summed E-state index contributed by atoms with van der Waals surface area (Å²) in [6, 6.07) is 5.24. The van der Waals surface area contributed by atoms with E-state index < -0.39 is 0 Å². The number of halogens is 1. The molecule has 0 aliphatic carbocycles. The second-order valence-electron chi connectivity index (χ2n) is 9.62. The van der Waals surface area contributed by atoms with Crippen LogP contribution in [-0.2, 0) is 11.8 Å². The summed E-state index contributed by atoms with van der Waals surface area (Å²) >= 11 is 0. The maximum Gasteiger partial charge on any atom is 0.242 e. The van der Waals surface area contributed by atoms with Crippen LogP contribution < -0.4 is 9.64 Å². The molecule has 3 aromatic heterocycles. The number of anilines is 1. The van der Waals surface area contributed by atoms with Crippen LogP contribution in [0.3, 0.4) is 0 Å². The molecule has 8 nitrogen and oxygen atoms in total. The van der Waals surface area contributed by atoms with E-state index in [1.54, 1.807) is 12.1 Å². The van der Waals surface area contributed by atoms with Gasteiger partial charge in [0.25, 0.3) is 0 Å². The Morgan fingerprint density at radius 1 is 0.971 bits per heavy atom. The summed E-state index contributed by atoms with van der Waals surface area (Å²) in [6.45, 7) is 6.55. The minimum atomic E-state index is -0.268. The van der Waals surface area contributed by atoms with Gasteiger partial charge < -0.3 is 18.9 Å². The van der Waals surface area contributed by atoms with Gasteiger partial charge in [0.1, 0.15) is 29.3 Å². The largest absolute Gasteiger partial charge is 0.472 e. The van der Waals surface area contributed by atoms with E-state index in [9.17, 15) is 4.39 Å². The molecule has 2 saturated heterocycles. The number of aryl methyl sites for hydroxylation is 3. The van der Waals surface area contributed by atoms with Crippen molar-refractivity contribution < 1.29 is 13.9 Å². The molecule has 0 amide bonds. The third-order valence-corrected chi connectivity index (χ3v) is 6.93. The number of hydrogen-bond donors (Lipinski definition) is 0. The maximum absolute atomic E-state index is 14.8. The van der Waals surface area contributed by atoms with Crippen LogP contribution in [-0.4, -0.2) is 56.9 Å². The van der Waals surface area contributed by atoms with Crippen molar-refractivity contribution in [2.24, 2.45) is 18.9 Å². The monoisotopic (exact) mass is 474 g/mol. The average Bonchev–Trinajstić information content (AvgIpc) is 3.16. The molecule has 2 bridgehead atoms. The first-order valence-corrected chi connectivity index (χ1v) is 11.8. The van der Waals surface area contributed by atoms with Crippen LogP contribution >= 0.6 is 0 Å². The second-order valence-corrected chi connectivity index (χ2v) is 9.62. The highest BCUT2D eigenvalue weighted by Crippen LogP contribution is 2.37. The Hall–Kier alpha value is -3.59. The van der Waals surface area contributed by atoms with Gasteiger partial charge in [0.05, 0.1) is 13.2 Å². The molecule has 2 unspecified atom stereocenters. The van der Waals surface area contributed by atoms with Crippen LogP contribution in [0.25, 0.3) is 22.2 Å². The number of benzene rings is 1. The number of aromatic nitrogens is 5. The summed E-state index contributed by atoms with van der Waals surface area (Å²) in [5.74, 6) is 1.27. The van der Waals surface area contributed by atoms with Crippen molar-refractivity contribution in [2.45, 2.75) is 20.0 Å². The first-order valence-electron chi connectivity index (χ1n) is 11.8. The Bertz CT molecular complexity index is 1370. The molecule has 0 spiro atoms. The lowest BCUT2D eigenvalue weighted by Gasteiger charge is -2.46. The Morgan fingerprint density at radius 2 is 1.71 bits per heavy atom. The fraction of sp³-hybridized carbons (Fsp3) is 0.385. The van der Waals surface area contributed by atoms with E-state index in [1.807, 2.05) is 50.1 Å². The molecular weight excluding hydrogens is 447 g/mol. The third-order valence-electron chi connectivity index (χ3n) is 6.93. The standard InChI is InChI=1S/C26H27FN6O2/c1-15-4-5-19(21(27)6-15)20-11-32(3)23-22(20)30-14-31-25(23)35-24-17-9-33(10-18(24)13-34-12-17)26-28-7-16(2)8-29-26/h4-8,11,14,17-18,24H,9-10,12-13H2,1-3H3. The molecule has 0 saturated carbocycles. The zero-order chi connectivity index (χ0) is 24.1. The lowest BCUT2D eigenvalue weighted by Crippen LogP contribution is -2.58. The number of rotatable bonds is 4. The van der Waals surface area contributed by atoms with Gasteiger partial charge in [-0.2, -0.15) is 4.98 Å². The highest BCUT2D eigenvalue weighted by atomic mass is 19.1. The highest BCUT2D eigenvalue weighted by Gasteiger charge is 2.43. The molecule has 2 fully saturated rings. The smallest absolute Gasteiger partial charge is 0.242 e. The molecule has 5 heterocycles. The fourth-order valence-electron chi connectivity index (χ4n) is 5.25. The summed E-state index contributed by atoms with van der Waals surface area (Å²) in [5.41, 5.74) is 4.58. The van der Waals surface area contributed by atoms with E-state index in [-0.39, 0.29) is 23.8 Å². The van der Waals surface area contributed by atoms with Crippen molar-refractivity contribution in [3.63, 3.8) is 0 Å². The Balaban J connectivity index is 1.32. The van der Waals surface area contributed by atoms with Crippen LogP contribution in [0.4, 0.5) is 10.3 Å². The Morgan fingerprint density at radius 3 is 2.43 bits per heavy atom. The van der Waals surface area contributed by atoms with E-state index in [4.69, 9.17) is 9.47 Å². The van der Waals surface area contributed by atoms with Gasteiger partial charge in [-0.15, -0.1) is 0 Å². The predicted octanol–water partition coefficient (Wildman–Crippen LogP) is 3.71. The SMILES string of the molecule is Cc1cnc(N2CC3COCC(C2)C3Oc2ncnc3c(-c4ccc(C)cc4F)cn(C)c23)nc1. The molecule has 0 N–H and O–H groups in total. The van der Waals surface area contributed by atoms with Crippen LogP contribution in [0.2, 0.25) is 0 Å². The minimum absolute atomic E-state index is 0.0574. The maximum atomic E-state index is 14.8. The van der Waals surface area contributed by atoms with E-state index >= 15 is 0 Å². The normalized spacial score (nSPS) is 21.9. The molecule has 0 radical (unpaired) electrons. The molecular formula is C26H27FN6O2. The summed E-state index contributed by atoms with van der Waals surface area (Å²) in [4.78, 5) is 20.2. The zero-order valence-electron chi connectivity index (χ0n) is 20.0. The summed E-state index contributed by atoms with van der Waals surface area (Å²) in [6.07, 6.45) is 7.02. The van der Waals surface area contributed by atoms with Crippen molar-refractivity contribution in [1.29, 1.82) is 0 Å². The zero-order valence-corrected chi connectivity index (χ0v) is 20.0. The van der Waals surface area contributed by atoms with Gasteiger partial charge in [-0.1, -0.05) is 12.1 Å². The lowest BCUT2D eigenvalue weighted by molar-refractivity contribution is -0.0765. The van der Waals surface area contributed by atoms with E-state index in [2.05, 4.69) is 24.8 Å². The third kappa shape index (κ3) is 3.89. The quantitative estimate of drug-likeness (QED) is 0.446. The molecule has 9 heteroatoms. The Labute approximate surface area is 202 Å². The average molecular weight is 475 g/mol. The Kier molecular flexibility index (Phi) is 5.36. The van der Waals surface area contributed by atoms with Crippen LogP contribution in [0.5, 0.6) is 5.88 Å². The fourth-order valence-corrected chi connectivity index (χ4v) is 5.25. The minimum Gasteiger partial charge on any atom is -0.472 e. The van der Waals surface area contributed by atoms with Gasteiger partial charge >= 0.3 is 0 Å². The molecule has 2 aliphatic rings. The van der Waals surface area contributed by atoms with Gasteiger partial charge in [-0.25, -0.2) is 19.3 Å². The van der Waals surface area contributed by atoms with Gasteiger partial charge in [-0.3, -0.25) is 0 Å². The van der Waals surface area contributed by atoms with Crippen molar-refractivity contribution in [1.82, 2.24) is 24.5 Å². The molecule has 180 valence electrons. The highest BCUT2D eigenvalue weighted by molar-refractivity contribution is 5.95. The number of nitrogens with zero attached hydrogens (tertiary/aromatic N) is 6. The molecule has 6 rings (SSSR count). The number of piperidine rings is 1. The molecule has 2 atom stereocenters. The van der Waals surface area contributed by atoms with Crippen molar-refractivity contribution >= 4 is 17.0 Å². The van der Waals surface area contributed by atoms with Gasteiger partial charge in [0.15, 0.2) is 0 Å². The van der Waals surface area contributed by atoms with Gasteiger partial charge in [-0.05, 0) is 31.0 Å². The number of ether oxygens (including phenoxy) is 2. The number of hydrogen-bond acceptors (Lipinski definition) is 7. The summed E-state index contributed by atoms with van der Waals surface area (Å²) < 4.78 is 29.2. The van der Waals surface area contributed by atoms with Gasteiger partial charge in [0, 0.05) is 61.7 Å². The van der Waals surface area contributed by atoms with Crippen molar-refractivity contribution in [3.8, 4) is 17.0 Å². The van der Waals surface area contributed by atoms with Crippen molar-refractivity contribution in [2.75, 3.05) is 31.2 Å². The van der Waals surface area contributed by atoms with E-state index in [1.165, 1.54) is 6.33 Å².